The summed E-state index contributed by atoms with van der Waals surface area (Å²) in [5.74, 6) is 0.469. The second kappa shape index (κ2) is 11.0. The van der Waals surface area contributed by atoms with Gasteiger partial charge in [-0.25, -0.2) is 0 Å². The van der Waals surface area contributed by atoms with Crippen molar-refractivity contribution in [3.05, 3.63) is 107 Å². The van der Waals surface area contributed by atoms with E-state index in [1.807, 2.05) is 28.9 Å². The van der Waals surface area contributed by atoms with Crippen molar-refractivity contribution in [3.63, 3.8) is 0 Å². The van der Waals surface area contributed by atoms with Gasteiger partial charge in [-0.2, -0.15) is 10.3 Å². The molecule has 1 amide bonds. The number of benzene rings is 3. The molecular weight excluding hydrogens is 486 g/mol. The minimum Gasteiger partial charge on any atom is -0.347 e. The van der Waals surface area contributed by atoms with E-state index in [4.69, 9.17) is 5.10 Å². The predicted octanol–water partition coefficient (Wildman–Crippen LogP) is 5.02. The fourth-order valence-corrected chi connectivity index (χ4v) is 5.35. The molecule has 0 spiro atoms. The van der Waals surface area contributed by atoms with Gasteiger partial charge in [-0.15, -0.1) is 10.2 Å². The second-order valence-corrected chi connectivity index (χ2v) is 10.1. The maximum atomic E-state index is 13.2. The highest BCUT2D eigenvalue weighted by atomic mass is 16.2. The number of fused-ring (bicyclic) bond motifs is 1. The third-order valence-electron chi connectivity index (χ3n) is 7.38. The zero-order chi connectivity index (χ0) is 26.6. The van der Waals surface area contributed by atoms with Crippen LogP contribution in [0.15, 0.2) is 78.9 Å². The van der Waals surface area contributed by atoms with Gasteiger partial charge in [-0.3, -0.25) is 9.48 Å². The van der Waals surface area contributed by atoms with Gasteiger partial charge in [0.05, 0.1) is 6.54 Å². The molecule has 0 saturated carbocycles. The molecule has 8 nitrogen and oxygen atoms in total. The lowest BCUT2D eigenvalue weighted by Crippen LogP contribution is -2.35. The van der Waals surface area contributed by atoms with Crippen molar-refractivity contribution in [1.29, 1.82) is 0 Å². The Morgan fingerprint density at radius 3 is 2.38 bits per heavy atom. The molecule has 2 heterocycles. The van der Waals surface area contributed by atoms with Crippen LogP contribution in [0.4, 0.5) is 0 Å². The van der Waals surface area contributed by atoms with Gasteiger partial charge >= 0.3 is 0 Å². The minimum absolute atomic E-state index is 0.0993. The zero-order valence-corrected chi connectivity index (χ0v) is 22.0. The van der Waals surface area contributed by atoms with Crippen LogP contribution < -0.4 is 5.32 Å². The van der Waals surface area contributed by atoms with E-state index in [0.29, 0.717) is 18.1 Å². The molecule has 1 aliphatic carbocycles. The van der Waals surface area contributed by atoms with Crippen molar-refractivity contribution < 1.29 is 4.79 Å². The monoisotopic (exact) mass is 517 g/mol. The number of nitrogens with one attached hydrogen (secondary N) is 2. The van der Waals surface area contributed by atoms with Crippen LogP contribution in [-0.2, 0) is 25.8 Å². The molecule has 3 aromatic carbocycles. The van der Waals surface area contributed by atoms with Crippen LogP contribution in [0, 0.1) is 0 Å². The average Bonchev–Trinajstić information content (AvgIpc) is 3.72. The molecule has 2 aromatic heterocycles. The Labute approximate surface area is 227 Å². The van der Waals surface area contributed by atoms with Gasteiger partial charge in [-0.1, -0.05) is 86.1 Å². The number of carbonyl (C=O) groups is 1. The Morgan fingerprint density at radius 1 is 0.974 bits per heavy atom. The van der Waals surface area contributed by atoms with E-state index in [9.17, 15) is 4.79 Å². The van der Waals surface area contributed by atoms with Crippen molar-refractivity contribution in [2.24, 2.45) is 0 Å². The summed E-state index contributed by atoms with van der Waals surface area (Å²) in [6, 6.07) is 27.0. The van der Waals surface area contributed by atoms with Crippen molar-refractivity contribution in [3.8, 4) is 22.5 Å². The van der Waals surface area contributed by atoms with Crippen LogP contribution in [0.2, 0.25) is 0 Å². The maximum absolute atomic E-state index is 13.2. The number of nitrogens with zero attached hydrogens (tertiary/aromatic N) is 5. The third-order valence-corrected chi connectivity index (χ3v) is 7.38. The molecular formula is C31H31N7O. The van der Waals surface area contributed by atoms with Crippen LogP contribution in [0.3, 0.4) is 0 Å². The van der Waals surface area contributed by atoms with Crippen molar-refractivity contribution in [2.75, 3.05) is 0 Å². The smallest absolute Gasteiger partial charge is 0.272 e. The number of rotatable bonds is 9. The Kier molecular flexibility index (Phi) is 6.99. The number of tetrazole rings is 1. The molecule has 0 fully saturated rings. The summed E-state index contributed by atoms with van der Waals surface area (Å²) in [7, 11) is 0. The highest BCUT2D eigenvalue weighted by Gasteiger charge is 2.24. The van der Waals surface area contributed by atoms with Gasteiger partial charge in [0.15, 0.2) is 0 Å². The van der Waals surface area contributed by atoms with Gasteiger partial charge in [-0.05, 0) is 64.8 Å². The number of unbranched alkanes of at least 4 members (excludes halogenated alkanes) is 1. The van der Waals surface area contributed by atoms with E-state index in [1.165, 1.54) is 11.1 Å². The molecule has 0 aliphatic heterocycles. The lowest BCUT2D eigenvalue weighted by atomic mass is 9.98. The normalized spacial score (nSPS) is 12.9. The lowest BCUT2D eigenvalue weighted by Gasteiger charge is -2.11. The van der Waals surface area contributed by atoms with Crippen LogP contribution in [0.25, 0.3) is 22.5 Å². The molecule has 196 valence electrons. The van der Waals surface area contributed by atoms with Crippen molar-refractivity contribution in [1.82, 2.24) is 35.7 Å². The minimum atomic E-state index is -0.0993. The number of hydrogen-bond acceptors (Lipinski definition) is 5. The van der Waals surface area contributed by atoms with Gasteiger partial charge < -0.3 is 5.32 Å². The van der Waals surface area contributed by atoms with E-state index < -0.39 is 0 Å². The summed E-state index contributed by atoms with van der Waals surface area (Å²) in [5.41, 5.74) is 8.38. The number of H-pyrrole nitrogens is 1. The maximum Gasteiger partial charge on any atom is 0.272 e. The summed E-state index contributed by atoms with van der Waals surface area (Å²) in [6.07, 6.45) is 4.76. The van der Waals surface area contributed by atoms with Crippen LogP contribution in [-0.4, -0.2) is 42.4 Å². The van der Waals surface area contributed by atoms with Crippen LogP contribution in [0.5, 0.6) is 0 Å². The topological polar surface area (TPSA) is 101 Å². The number of aromatic amines is 1. The Balaban J connectivity index is 1.19. The zero-order valence-electron chi connectivity index (χ0n) is 22.0. The molecule has 0 atom stereocenters. The molecule has 0 saturated heterocycles. The third kappa shape index (κ3) is 5.36. The quantitative estimate of drug-likeness (QED) is 0.286. The first-order chi connectivity index (χ1) is 19.2. The highest BCUT2D eigenvalue weighted by molar-refractivity contribution is 5.92. The number of carbonyl (C=O) groups excluding carboxylic acids is 1. The van der Waals surface area contributed by atoms with E-state index in [2.05, 4.69) is 87.5 Å². The summed E-state index contributed by atoms with van der Waals surface area (Å²) in [6.45, 7) is 2.78. The average molecular weight is 518 g/mol. The van der Waals surface area contributed by atoms with Gasteiger partial charge in [0.25, 0.3) is 5.91 Å². The van der Waals surface area contributed by atoms with Gasteiger partial charge in [0.1, 0.15) is 5.69 Å². The predicted molar refractivity (Wildman–Crippen MR) is 150 cm³/mol. The van der Waals surface area contributed by atoms with Crippen LogP contribution in [0.1, 0.15) is 52.6 Å². The van der Waals surface area contributed by atoms with E-state index in [1.54, 1.807) is 0 Å². The number of aromatic nitrogens is 6. The van der Waals surface area contributed by atoms with Crippen molar-refractivity contribution in [2.45, 2.75) is 51.6 Å². The second-order valence-electron chi connectivity index (χ2n) is 10.1. The number of aryl methyl sites for hydroxylation is 1. The summed E-state index contributed by atoms with van der Waals surface area (Å²) in [5, 5.41) is 22.5. The summed E-state index contributed by atoms with van der Waals surface area (Å²) in [4.78, 5) is 13.2. The molecule has 1 aliphatic rings. The molecule has 0 radical (unpaired) electrons. The Bertz CT molecular complexity index is 1550. The number of hydrogen-bond donors (Lipinski definition) is 2. The first-order valence-electron chi connectivity index (χ1n) is 13.5. The molecule has 8 heteroatoms. The Hall–Kier alpha value is -4.59. The Morgan fingerprint density at radius 2 is 1.69 bits per heavy atom. The molecule has 5 aromatic rings. The fraction of sp³-hybridized carbons (Fsp3) is 0.258. The van der Waals surface area contributed by atoms with Gasteiger partial charge in [0.2, 0.25) is 5.82 Å². The number of amides is 1. The van der Waals surface area contributed by atoms with Gasteiger partial charge in [0, 0.05) is 17.3 Å². The molecule has 0 bridgehead atoms. The van der Waals surface area contributed by atoms with E-state index >= 15 is 0 Å². The molecule has 39 heavy (non-hydrogen) atoms. The largest absolute Gasteiger partial charge is 0.347 e. The first kappa shape index (κ1) is 24.7. The fourth-order valence-electron chi connectivity index (χ4n) is 5.35. The highest BCUT2D eigenvalue weighted by Crippen LogP contribution is 2.30. The lowest BCUT2D eigenvalue weighted by molar-refractivity contribution is 0.0932. The summed E-state index contributed by atoms with van der Waals surface area (Å²) < 4.78 is 1.98. The summed E-state index contributed by atoms with van der Waals surface area (Å²) >= 11 is 0. The van der Waals surface area contributed by atoms with Crippen LogP contribution >= 0.6 is 0 Å². The molecule has 2 N–H and O–H groups in total. The van der Waals surface area contributed by atoms with Crippen molar-refractivity contribution >= 4 is 5.91 Å². The SMILES string of the molecule is CCCCc1cc(C(=O)NC2Cc3ccccc3C2)nn1Cc1ccc(-c2ccccc2-c2nn[nH]n2)cc1. The molecule has 0 unspecified atom stereocenters. The van der Waals surface area contributed by atoms with E-state index in [0.717, 1.165) is 60.1 Å². The standard InChI is InChI=1S/C31H31N7O/c1-2-3-10-26-19-29(31(39)32-25-17-23-8-4-5-9-24(23)18-25)35-38(26)20-21-13-15-22(16-14-21)27-11-6-7-12-28(27)30-33-36-37-34-30/h4-9,11-16,19,25H,2-3,10,17-18,20H2,1H3,(H,32,39)(H,33,34,36,37). The molecule has 6 rings (SSSR count). The first-order valence-corrected chi connectivity index (χ1v) is 13.5. The van der Waals surface area contributed by atoms with E-state index in [-0.39, 0.29) is 11.9 Å².